The molecule has 0 aromatic rings. The molecule has 3 heteroatoms. The van der Waals surface area contributed by atoms with Crippen molar-refractivity contribution in [2.24, 2.45) is 17.3 Å². The number of carbonyl (C=O) groups is 1. The fourth-order valence-corrected chi connectivity index (χ4v) is 2.39. The standard InChI is InChI=1S/C13H24N2O/c1-10(2)7-15-12(16)8-14-9-13(5-6-13)11-3-4-11/h10-11,14H,3-9H2,1-2H3,(H,15,16). The molecule has 0 saturated heterocycles. The minimum atomic E-state index is 0.139. The van der Waals surface area contributed by atoms with Crippen LogP contribution in [0.5, 0.6) is 0 Å². The van der Waals surface area contributed by atoms with Crippen LogP contribution in [-0.4, -0.2) is 25.5 Å². The fraction of sp³-hybridized carbons (Fsp3) is 0.923. The maximum atomic E-state index is 11.5. The van der Waals surface area contributed by atoms with Crippen LogP contribution in [0.25, 0.3) is 0 Å². The normalized spacial score (nSPS) is 22.2. The monoisotopic (exact) mass is 224 g/mol. The van der Waals surface area contributed by atoms with Crippen molar-refractivity contribution in [2.45, 2.75) is 39.5 Å². The molecule has 0 aromatic heterocycles. The first-order valence-electron chi connectivity index (χ1n) is 6.60. The third-order valence-corrected chi connectivity index (χ3v) is 3.81. The van der Waals surface area contributed by atoms with Gasteiger partial charge < -0.3 is 10.6 Å². The highest BCUT2D eigenvalue weighted by molar-refractivity contribution is 5.77. The van der Waals surface area contributed by atoms with Crippen LogP contribution in [0, 0.1) is 17.3 Å². The summed E-state index contributed by atoms with van der Waals surface area (Å²) in [6.07, 6.45) is 5.58. The molecule has 0 spiro atoms. The average Bonchev–Trinajstić information content (AvgIpc) is 3.06. The minimum Gasteiger partial charge on any atom is -0.355 e. The smallest absolute Gasteiger partial charge is 0.233 e. The van der Waals surface area contributed by atoms with Gasteiger partial charge in [0.05, 0.1) is 6.54 Å². The topological polar surface area (TPSA) is 41.1 Å². The van der Waals surface area contributed by atoms with E-state index in [0.717, 1.165) is 19.0 Å². The van der Waals surface area contributed by atoms with Gasteiger partial charge in [-0.05, 0) is 42.9 Å². The van der Waals surface area contributed by atoms with E-state index in [1.165, 1.54) is 25.7 Å². The zero-order valence-corrected chi connectivity index (χ0v) is 10.5. The predicted octanol–water partition coefficient (Wildman–Crippen LogP) is 1.54. The van der Waals surface area contributed by atoms with E-state index in [2.05, 4.69) is 24.5 Å². The fourth-order valence-electron chi connectivity index (χ4n) is 2.39. The van der Waals surface area contributed by atoms with E-state index in [4.69, 9.17) is 0 Å². The molecule has 2 fully saturated rings. The van der Waals surface area contributed by atoms with Crippen LogP contribution in [0.3, 0.4) is 0 Å². The Kier molecular flexibility index (Phi) is 3.53. The number of rotatable bonds is 7. The van der Waals surface area contributed by atoms with Crippen molar-refractivity contribution in [2.75, 3.05) is 19.6 Å². The van der Waals surface area contributed by atoms with Crippen LogP contribution >= 0.6 is 0 Å². The molecule has 0 heterocycles. The molecule has 0 atom stereocenters. The van der Waals surface area contributed by atoms with E-state index in [1.807, 2.05) is 0 Å². The van der Waals surface area contributed by atoms with Crippen molar-refractivity contribution in [3.63, 3.8) is 0 Å². The maximum Gasteiger partial charge on any atom is 0.233 e. The van der Waals surface area contributed by atoms with E-state index in [-0.39, 0.29) is 5.91 Å². The van der Waals surface area contributed by atoms with Crippen LogP contribution < -0.4 is 10.6 Å². The van der Waals surface area contributed by atoms with Crippen molar-refractivity contribution in [1.29, 1.82) is 0 Å². The van der Waals surface area contributed by atoms with Crippen LogP contribution in [0.15, 0.2) is 0 Å². The lowest BCUT2D eigenvalue weighted by Gasteiger charge is -2.15. The van der Waals surface area contributed by atoms with Gasteiger partial charge in [-0.15, -0.1) is 0 Å². The second-order valence-electron chi connectivity index (χ2n) is 5.94. The lowest BCUT2D eigenvalue weighted by atomic mass is 10.0. The van der Waals surface area contributed by atoms with Gasteiger partial charge in [0, 0.05) is 13.1 Å². The molecule has 0 aromatic carbocycles. The van der Waals surface area contributed by atoms with E-state index < -0.39 is 0 Å². The highest BCUT2D eigenvalue weighted by atomic mass is 16.1. The summed E-state index contributed by atoms with van der Waals surface area (Å²) in [5, 5.41) is 6.25. The Morgan fingerprint density at radius 2 is 2.06 bits per heavy atom. The quantitative estimate of drug-likeness (QED) is 0.688. The molecule has 2 N–H and O–H groups in total. The molecule has 92 valence electrons. The third-order valence-electron chi connectivity index (χ3n) is 3.81. The molecule has 1 amide bonds. The van der Waals surface area contributed by atoms with Gasteiger partial charge in [-0.3, -0.25) is 4.79 Å². The zero-order chi connectivity index (χ0) is 11.6. The van der Waals surface area contributed by atoms with Crippen molar-refractivity contribution < 1.29 is 4.79 Å². The predicted molar refractivity (Wildman–Crippen MR) is 65.1 cm³/mol. The maximum absolute atomic E-state index is 11.5. The summed E-state index contributed by atoms with van der Waals surface area (Å²) in [6, 6.07) is 0. The highest BCUT2D eigenvalue weighted by Crippen LogP contribution is 2.60. The highest BCUT2D eigenvalue weighted by Gasteiger charge is 2.53. The molecule has 16 heavy (non-hydrogen) atoms. The molecule has 2 aliphatic carbocycles. The van der Waals surface area contributed by atoms with E-state index in [1.54, 1.807) is 0 Å². The van der Waals surface area contributed by atoms with E-state index in [9.17, 15) is 4.79 Å². The van der Waals surface area contributed by atoms with Gasteiger partial charge in [0.15, 0.2) is 0 Å². The first kappa shape index (κ1) is 11.9. The second-order valence-corrected chi connectivity index (χ2v) is 5.94. The molecule has 2 rings (SSSR count). The largest absolute Gasteiger partial charge is 0.355 e. The molecular formula is C13H24N2O. The van der Waals surface area contributed by atoms with Crippen LogP contribution in [0.4, 0.5) is 0 Å². The lowest BCUT2D eigenvalue weighted by molar-refractivity contribution is -0.120. The molecule has 0 radical (unpaired) electrons. The van der Waals surface area contributed by atoms with Crippen molar-refractivity contribution >= 4 is 5.91 Å². The molecule has 3 nitrogen and oxygen atoms in total. The van der Waals surface area contributed by atoms with Crippen molar-refractivity contribution in [1.82, 2.24) is 10.6 Å². The summed E-state index contributed by atoms with van der Waals surface area (Å²) in [5.74, 6) is 1.64. The Balaban J connectivity index is 1.55. The Morgan fingerprint density at radius 3 is 2.56 bits per heavy atom. The van der Waals surface area contributed by atoms with Gasteiger partial charge in [-0.1, -0.05) is 13.8 Å². The minimum absolute atomic E-state index is 0.139. The molecular weight excluding hydrogens is 200 g/mol. The van der Waals surface area contributed by atoms with Gasteiger partial charge in [0.25, 0.3) is 0 Å². The number of nitrogens with one attached hydrogen (secondary N) is 2. The molecule has 0 unspecified atom stereocenters. The second kappa shape index (κ2) is 4.74. The number of carbonyl (C=O) groups excluding carboxylic acids is 1. The summed E-state index contributed by atoms with van der Waals surface area (Å²) in [7, 11) is 0. The van der Waals surface area contributed by atoms with Crippen LogP contribution in [-0.2, 0) is 4.79 Å². The summed E-state index contributed by atoms with van der Waals surface area (Å²) in [6.45, 7) is 6.54. The number of hydrogen-bond donors (Lipinski definition) is 2. The number of amides is 1. The average molecular weight is 224 g/mol. The van der Waals surface area contributed by atoms with Gasteiger partial charge in [0.1, 0.15) is 0 Å². The Labute approximate surface area is 98.4 Å². The molecule has 0 bridgehead atoms. The number of hydrogen-bond acceptors (Lipinski definition) is 2. The van der Waals surface area contributed by atoms with Crippen molar-refractivity contribution in [3.05, 3.63) is 0 Å². The van der Waals surface area contributed by atoms with E-state index in [0.29, 0.717) is 17.9 Å². The molecule has 0 aliphatic heterocycles. The molecule has 2 aliphatic rings. The first-order chi connectivity index (χ1) is 7.62. The third kappa shape index (κ3) is 3.21. The van der Waals surface area contributed by atoms with Crippen LogP contribution in [0.1, 0.15) is 39.5 Å². The Bertz CT molecular complexity index is 255. The van der Waals surface area contributed by atoms with E-state index >= 15 is 0 Å². The summed E-state index contributed by atoms with van der Waals surface area (Å²) >= 11 is 0. The molecule has 2 saturated carbocycles. The van der Waals surface area contributed by atoms with Gasteiger partial charge in [-0.2, -0.15) is 0 Å². The summed E-state index contributed by atoms with van der Waals surface area (Å²) in [4.78, 5) is 11.5. The van der Waals surface area contributed by atoms with Gasteiger partial charge >= 0.3 is 0 Å². The first-order valence-corrected chi connectivity index (χ1v) is 6.60. The Hall–Kier alpha value is -0.570. The summed E-state index contributed by atoms with van der Waals surface area (Å²) in [5.41, 5.74) is 0.596. The lowest BCUT2D eigenvalue weighted by Crippen LogP contribution is -2.38. The SMILES string of the molecule is CC(C)CNC(=O)CNCC1(C2CC2)CC1. The van der Waals surface area contributed by atoms with Crippen LogP contribution in [0.2, 0.25) is 0 Å². The Morgan fingerprint density at radius 1 is 1.38 bits per heavy atom. The zero-order valence-electron chi connectivity index (χ0n) is 10.5. The van der Waals surface area contributed by atoms with Gasteiger partial charge in [-0.25, -0.2) is 0 Å². The summed E-state index contributed by atoms with van der Waals surface area (Å²) < 4.78 is 0. The van der Waals surface area contributed by atoms with Crippen molar-refractivity contribution in [3.8, 4) is 0 Å². The van der Waals surface area contributed by atoms with Gasteiger partial charge in [0.2, 0.25) is 5.91 Å².